The first kappa shape index (κ1) is 41.6. The fraction of sp³-hybridized carbons (Fsp3) is 0.241. The fourth-order valence-corrected chi connectivity index (χ4v) is 8.92. The summed E-state index contributed by atoms with van der Waals surface area (Å²) in [6, 6.07) is 54.2. The van der Waals surface area contributed by atoms with E-state index < -0.39 is 0 Å². The monoisotopic (exact) mass is 826 g/mol. The maximum Gasteiger partial charge on any atom is 0.268 e. The van der Waals surface area contributed by atoms with Crippen molar-refractivity contribution in [3.8, 4) is 28.7 Å². The molecule has 9 aromatic rings. The van der Waals surface area contributed by atoms with E-state index in [2.05, 4.69) is 237 Å². The smallest absolute Gasteiger partial charge is 0.268 e. The summed E-state index contributed by atoms with van der Waals surface area (Å²) >= 11 is 0. The Kier molecular flexibility index (Phi) is 10.3. The Labute approximate surface area is 373 Å². The molecule has 0 radical (unpaired) electrons. The van der Waals surface area contributed by atoms with E-state index in [-0.39, 0.29) is 21.7 Å². The van der Waals surface area contributed by atoms with Crippen LogP contribution in [0.4, 0.5) is 0 Å². The minimum atomic E-state index is -0.220. The number of imidazole rings is 1. The minimum absolute atomic E-state index is 0.0314. The molecule has 5 heteroatoms. The first-order chi connectivity index (χ1) is 30.0. The van der Waals surface area contributed by atoms with Crippen LogP contribution in [0.1, 0.15) is 103 Å². The number of benzene rings is 6. The SMILES string of the molecule is CC(C)(C)c1cc(-[n+]2[c-]n(-c3cccc(Oc4cc(C(C)(C)C)c5c6ccccc6n(-c6cc(C(C)(C)c7ccccc7)ccn6)c5c4)c3)cc2)cc(C(C)(C)c2ccccc2)c1. The molecule has 0 spiro atoms. The van der Waals surface area contributed by atoms with E-state index in [4.69, 9.17) is 9.72 Å². The number of fused-ring (bicyclic) bond motifs is 3. The van der Waals surface area contributed by atoms with Gasteiger partial charge in [-0.15, -0.1) is 0 Å². The lowest BCUT2D eigenvalue weighted by Crippen LogP contribution is -2.31. The van der Waals surface area contributed by atoms with E-state index >= 15 is 0 Å². The maximum atomic E-state index is 6.88. The van der Waals surface area contributed by atoms with Crippen LogP contribution in [0.15, 0.2) is 170 Å². The molecule has 0 saturated carbocycles. The number of hydrogen-bond acceptors (Lipinski definition) is 2. The molecule has 0 amide bonds. The van der Waals surface area contributed by atoms with E-state index in [1.54, 1.807) is 0 Å². The molecule has 0 aliphatic rings. The summed E-state index contributed by atoms with van der Waals surface area (Å²) in [5, 5.41) is 2.41. The van der Waals surface area contributed by atoms with Crippen LogP contribution in [0.2, 0.25) is 0 Å². The third-order valence-corrected chi connectivity index (χ3v) is 12.9. The van der Waals surface area contributed by atoms with Crippen molar-refractivity contribution in [2.24, 2.45) is 0 Å². The Balaban J connectivity index is 1.10. The molecule has 316 valence electrons. The molecular weight excluding hydrogens is 769 g/mol. The Bertz CT molecular complexity index is 3100. The second-order valence-electron chi connectivity index (χ2n) is 20.1. The Hall–Kier alpha value is -6.72. The van der Waals surface area contributed by atoms with Crippen LogP contribution in [0.25, 0.3) is 39.0 Å². The highest BCUT2D eigenvalue weighted by Crippen LogP contribution is 2.43. The average Bonchev–Trinajstić information content (AvgIpc) is 3.90. The molecule has 6 aromatic carbocycles. The van der Waals surface area contributed by atoms with Crippen LogP contribution in [0, 0.1) is 6.33 Å². The number of ether oxygens (including phenoxy) is 1. The van der Waals surface area contributed by atoms with Crippen LogP contribution in [0.3, 0.4) is 0 Å². The van der Waals surface area contributed by atoms with Crippen molar-refractivity contribution >= 4 is 21.8 Å². The second kappa shape index (κ2) is 15.6. The molecule has 5 nitrogen and oxygen atoms in total. The van der Waals surface area contributed by atoms with Crippen LogP contribution >= 0.6 is 0 Å². The van der Waals surface area contributed by atoms with Crippen molar-refractivity contribution in [1.29, 1.82) is 0 Å². The van der Waals surface area contributed by atoms with Crippen LogP contribution < -0.4 is 9.30 Å². The molecule has 63 heavy (non-hydrogen) atoms. The van der Waals surface area contributed by atoms with Crippen molar-refractivity contribution in [2.75, 3.05) is 0 Å². The first-order valence-corrected chi connectivity index (χ1v) is 22.1. The lowest BCUT2D eigenvalue weighted by Gasteiger charge is -2.30. The molecule has 3 heterocycles. The highest BCUT2D eigenvalue weighted by atomic mass is 16.5. The van der Waals surface area contributed by atoms with Crippen molar-refractivity contribution < 1.29 is 9.30 Å². The Morgan fingerprint density at radius 3 is 1.86 bits per heavy atom. The van der Waals surface area contributed by atoms with Gasteiger partial charge in [-0.25, -0.2) is 4.98 Å². The molecule has 3 aromatic heterocycles. The molecule has 0 saturated heterocycles. The molecule has 0 fully saturated rings. The molecule has 0 atom stereocenters. The summed E-state index contributed by atoms with van der Waals surface area (Å²) in [6.07, 6.45) is 9.71. The van der Waals surface area contributed by atoms with E-state index in [1.165, 1.54) is 44.2 Å². The predicted octanol–water partition coefficient (Wildman–Crippen LogP) is 14.1. The number of pyridine rings is 1. The van der Waals surface area contributed by atoms with Gasteiger partial charge in [-0.05, 0) is 98.8 Å². The Morgan fingerprint density at radius 2 is 1.17 bits per heavy atom. The molecule has 0 N–H and O–H groups in total. The highest BCUT2D eigenvalue weighted by Gasteiger charge is 2.28. The maximum absolute atomic E-state index is 6.88. The van der Waals surface area contributed by atoms with Crippen molar-refractivity contribution in [3.63, 3.8) is 0 Å². The summed E-state index contributed by atoms with van der Waals surface area (Å²) < 4.78 is 13.3. The van der Waals surface area contributed by atoms with Gasteiger partial charge in [0, 0.05) is 46.3 Å². The van der Waals surface area contributed by atoms with Gasteiger partial charge in [0.1, 0.15) is 17.3 Å². The largest absolute Gasteiger partial charge is 0.458 e. The second-order valence-corrected chi connectivity index (χ2v) is 20.1. The van der Waals surface area contributed by atoms with E-state index in [9.17, 15) is 0 Å². The number of aromatic nitrogens is 4. The quantitative estimate of drug-likeness (QED) is 0.107. The lowest BCUT2D eigenvalue weighted by atomic mass is 9.75. The number of nitrogens with zero attached hydrogens (tertiary/aromatic N) is 4. The molecular formula is C58H58N4O. The van der Waals surface area contributed by atoms with Gasteiger partial charge in [-0.2, -0.15) is 0 Å². The zero-order valence-electron chi connectivity index (χ0n) is 38.4. The molecule has 9 rings (SSSR count). The topological polar surface area (TPSA) is 35.9 Å². The summed E-state index contributed by atoms with van der Waals surface area (Å²) in [5.41, 5.74) is 11.1. The summed E-state index contributed by atoms with van der Waals surface area (Å²) in [7, 11) is 0. The van der Waals surface area contributed by atoms with Gasteiger partial charge >= 0.3 is 0 Å². The molecule has 0 bridgehead atoms. The highest BCUT2D eigenvalue weighted by molar-refractivity contribution is 6.11. The van der Waals surface area contributed by atoms with Gasteiger partial charge in [-0.3, -0.25) is 13.7 Å². The van der Waals surface area contributed by atoms with E-state index in [1.807, 2.05) is 22.9 Å². The molecule has 0 aliphatic heterocycles. The van der Waals surface area contributed by atoms with Crippen LogP contribution in [0.5, 0.6) is 11.5 Å². The van der Waals surface area contributed by atoms with Gasteiger partial charge in [0.2, 0.25) is 0 Å². The molecule has 0 aliphatic carbocycles. The van der Waals surface area contributed by atoms with Crippen molar-refractivity contribution in [3.05, 3.63) is 210 Å². The summed E-state index contributed by atoms with van der Waals surface area (Å²) in [4.78, 5) is 5.02. The zero-order chi connectivity index (χ0) is 44.3. The van der Waals surface area contributed by atoms with Gasteiger partial charge in [-0.1, -0.05) is 160 Å². The van der Waals surface area contributed by atoms with Crippen LogP contribution in [-0.4, -0.2) is 14.1 Å². The fourth-order valence-electron chi connectivity index (χ4n) is 8.92. The first-order valence-electron chi connectivity index (χ1n) is 22.1. The number of rotatable bonds is 9. The van der Waals surface area contributed by atoms with Gasteiger partial charge in [0.05, 0.1) is 22.4 Å². The molecule has 0 unspecified atom stereocenters. The standard InChI is InChI=1S/C58H58N4O/c1-55(2,3)43-32-44(58(9,10)41-22-15-12-16-23-41)34-46(33-43)61-31-30-60(39-61)45-24-19-25-47(36-45)63-48-37-50(56(4,5)6)54-49-26-17-18-27-51(49)62(52(54)38-48)53-35-42(28-29-59-53)57(7,8)40-20-13-11-14-21-40/h11-38H,1-10H3. The van der Waals surface area contributed by atoms with Gasteiger partial charge < -0.3 is 4.74 Å². The van der Waals surface area contributed by atoms with Crippen molar-refractivity contribution in [1.82, 2.24) is 14.1 Å². The summed E-state index contributed by atoms with van der Waals surface area (Å²) in [6.45, 7) is 22.8. The average molecular weight is 827 g/mol. The van der Waals surface area contributed by atoms with E-state index in [0.717, 1.165) is 39.7 Å². The van der Waals surface area contributed by atoms with E-state index in [0.29, 0.717) is 0 Å². The third-order valence-electron chi connectivity index (χ3n) is 12.9. The number of hydrogen-bond donors (Lipinski definition) is 0. The van der Waals surface area contributed by atoms with Crippen LogP contribution in [-0.2, 0) is 21.7 Å². The minimum Gasteiger partial charge on any atom is -0.458 e. The zero-order valence-corrected chi connectivity index (χ0v) is 38.4. The Morgan fingerprint density at radius 1 is 0.524 bits per heavy atom. The summed E-state index contributed by atoms with van der Waals surface area (Å²) in [5.74, 6) is 2.39. The third kappa shape index (κ3) is 7.86. The number of para-hydroxylation sites is 1. The van der Waals surface area contributed by atoms with Crippen molar-refractivity contribution in [2.45, 2.75) is 90.9 Å². The normalized spacial score (nSPS) is 12.6. The van der Waals surface area contributed by atoms with Gasteiger partial charge in [0.15, 0.2) is 0 Å². The van der Waals surface area contributed by atoms with Gasteiger partial charge in [0.25, 0.3) is 6.33 Å². The predicted molar refractivity (Wildman–Crippen MR) is 259 cm³/mol. The lowest BCUT2D eigenvalue weighted by molar-refractivity contribution is -0.599.